The van der Waals surface area contributed by atoms with Gasteiger partial charge in [-0.05, 0) is 30.7 Å². The van der Waals surface area contributed by atoms with Crippen LogP contribution in [0.3, 0.4) is 0 Å². The molecule has 2 N–H and O–H groups in total. The number of hydrogen-bond acceptors (Lipinski definition) is 3. The van der Waals surface area contributed by atoms with Crippen molar-refractivity contribution in [1.29, 1.82) is 0 Å². The Hall–Kier alpha value is -2.17. The van der Waals surface area contributed by atoms with Crippen molar-refractivity contribution >= 4 is 17.8 Å². The zero-order valence-corrected chi connectivity index (χ0v) is 9.08. The Balaban J connectivity index is 2.26. The van der Waals surface area contributed by atoms with Gasteiger partial charge in [-0.25, -0.2) is 8.78 Å². The molecule has 0 amide bonds. The van der Waals surface area contributed by atoms with Crippen LogP contribution in [0.25, 0.3) is 12.2 Å². The second-order valence-electron chi connectivity index (χ2n) is 3.54. The lowest BCUT2D eigenvalue weighted by Gasteiger charge is -1.95. The van der Waals surface area contributed by atoms with Crippen LogP contribution in [-0.4, -0.2) is 5.16 Å². The Kier molecular flexibility index (Phi) is 2.91. The number of halogens is 2. The Morgan fingerprint density at radius 2 is 2.00 bits per heavy atom. The van der Waals surface area contributed by atoms with Crippen LogP contribution in [0.15, 0.2) is 22.7 Å². The van der Waals surface area contributed by atoms with Gasteiger partial charge in [-0.2, -0.15) is 0 Å². The van der Waals surface area contributed by atoms with Crippen molar-refractivity contribution in [3.05, 3.63) is 46.9 Å². The van der Waals surface area contributed by atoms with Gasteiger partial charge in [-0.1, -0.05) is 17.3 Å². The number of nitrogens with two attached hydrogens (primary N) is 1. The second kappa shape index (κ2) is 4.37. The van der Waals surface area contributed by atoms with Crippen molar-refractivity contribution in [1.82, 2.24) is 5.16 Å². The summed E-state index contributed by atoms with van der Waals surface area (Å²) in [5.41, 5.74) is 7.10. The van der Waals surface area contributed by atoms with Gasteiger partial charge in [0, 0.05) is 0 Å². The smallest absolute Gasteiger partial charge is 0.159 e. The molecule has 0 spiro atoms. The highest BCUT2D eigenvalue weighted by Crippen LogP contribution is 2.18. The normalized spacial score (nSPS) is 11.2. The number of hydrogen-bond donors (Lipinski definition) is 1. The highest BCUT2D eigenvalue weighted by atomic mass is 19.2. The molecule has 0 radical (unpaired) electrons. The molecule has 1 aromatic heterocycles. The number of aryl methyl sites for hydroxylation is 1. The quantitative estimate of drug-likeness (QED) is 0.871. The van der Waals surface area contributed by atoms with Gasteiger partial charge in [0.15, 0.2) is 17.4 Å². The number of benzene rings is 1. The van der Waals surface area contributed by atoms with Crippen LogP contribution in [0.5, 0.6) is 0 Å². The zero-order chi connectivity index (χ0) is 12.4. The Bertz CT molecular complexity index is 576. The van der Waals surface area contributed by atoms with E-state index >= 15 is 0 Å². The minimum absolute atomic E-state index is 0.434. The van der Waals surface area contributed by atoms with Crippen LogP contribution >= 0.6 is 0 Å². The van der Waals surface area contributed by atoms with Gasteiger partial charge in [-0.15, -0.1) is 0 Å². The van der Waals surface area contributed by atoms with Crippen LogP contribution in [0.2, 0.25) is 0 Å². The average molecular weight is 236 g/mol. The van der Waals surface area contributed by atoms with Crippen molar-refractivity contribution in [3.63, 3.8) is 0 Å². The van der Waals surface area contributed by atoms with Crippen LogP contribution in [0, 0.1) is 18.6 Å². The van der Waals surface area contributed by atoms with E-state index in [1.165, 1.54) is 6.07 Å². The molecular weight excluding hydrogens is 226 g/mol. The van der Waals surface area contributed by atoms with Crippen LogP contribution < -0.4 is 5.73 Å². The number of rotatable bonds is 2. The Morgan fingerprint density at radius 3 is 2.59 bits per heavy atom. The first-order chi connectivity index (χ1) is 8.08. The molecule has 0 aliphatic rings. The molecule has 0 bridgehead atoms. The third-order valence-corrected chi connectivity index (χ3v) is 2.31. The molecule has 2 rings (SSSR count). The summed E-state index contributed by atoms with van der Waals surface area (Å²) in [7, 11) is 0. The standard InChI is InChI=1S/C12H10F2N2O/c1-7-12(15)11(16-17-7)5-3-8-2-4-9(13)10(14)6-8/h2-6H,15H2,1H3. The van der Waals surface area contributed by atoms with E-state index < -0.39 is 11.6 Å². The summed E-state index contributed by atoms with van der Waals surface area (Å²) < 4.78 is 30.5. The Labute approximate surface area is 96.5 Å². The average Bonchev–Trinajstić information content (AvgIpc) is 2.62. The molecular formula is C12H10F2N2O. The molecule has 0 saturated heterocycles. The van der Waals surface area contributed by atoms with Gasteiger partial charge in [0.05, 0.1) is 0 Å². The molecule has 1 aromatic carbocycles. The number of nitrogens with zero attached hydrogens (tertiary/aromatic N) is 1. The summed E-state index contributed by atoms with van der Waals surface area (Å²) in [4.78, 5) is 0. The summed E-state index contributed by atoms with van der Waals surface area (Å²) in [6, 6.07) is 3.61. The predicted octanol–water partition coefficient (Wildman–Crippen LogP) is 3.01. The highest BCUT2D eigenvalue weighted by Gasteiger charge is 2.05. The van der Waals surface area contributed by atoms with E-state index in [4.69, 9.17) is 10.3 Å². The minimum atomic E-state index is -0.892. The van der Waals surface area contributed by atoms with E-state index in [-0.39, 0.29) is 0 Å². The van der Waals surface area contributed by atoms with E-state index in [1.54, 1.807) is 19.1 Å². The predicted molar refractivity (Wildman–Crippen MR) is 60.9 cm³/mol. The first-order valence-corrected chi connectivity index (χ1v) is 4.93. The fraction of sp³-hybridized carbons (Fsp3) is 0.0833. The SMILES string of the molecule is Cc1onc(C=Cc2ccc(F)c(F)c2)c1N. The minimum Gasteiger partial charge on any atom is -0.394 e. The first-order valence-electron chi connectivity index (χ1n) is 4.93. The lowest BCUT2D eigenvalue weighted by Crippen LogP contribution is -1.87. The monoisotopic (exact) mass is 236 g/mol. The molecule has 0 aliphatic heterocycles. The fourth-order valence-electron chi connectivity index (χ4n) is 1.31. The van der Waals surface area contributed by atoms with Gasteiger partial charge in [0.1, 0.15) is 11.4 Å². The van der Waals surface area contributed by atoms with Gasteiger partial charge in [0.25, 0.3) is 0 Å². The zero-order valence-electron chi connectivity index (χ0n) is 9.08. The molecule has 0 saturated carbocycles. The van der Waals surface area contributed by atoms with E-state index in [9.17, 15) is 8.78 Å². The molecule has 17 heavy (non-hydrogen) atoms. The largest absolute Gasteiger partial charge is 0.394 e. The van der Waals surface area contributed by atoms with Gasteiger partial charge >= 0.3 is 0 Å². The summed E-state index contributed by atoms with van der Waals surface area (Å²) in [5, 5.41) is 3.72. The van der Waals surface area contributed by atoms with Crippen LogP contribution in [0.1, 0.15) is 17.0 Å². The van der Waals surface area contributed by atoms with Crippen molar-refractivity contribution in [2.24, 2.45) is 0 Å². The first kappa shape index (κ1) is 11.3. The molecule has 5 heteroatoms. The fourth-order valence-corrected chi connectivity index (χ4v) is 1.31. The van der Waals surface area contributed by atoms with Crippen LogP contribution in [-0.2, 0) is 0 Å². The molecule has 1 heterocycles. The third kappa shape index (κ3) is 2.33. The molecule has 0 fully saturated rings. The molecule has 0 aliphatic carbocycles. The third-order valence-electron chi connectivity index (χ3n) is 2.31. The molecule has 2 aromatic rings. The topological polar surface area (TPSA) is 52.0 Å². The molecule has 0 unspecified atom stereocenters. The second-order valence-corrected chi connectivity index (χ2v) is 3.54. The molecule has 3 nitrogen and oxygen atoms in total. The Morgan fingerprint density at radius 1 is 1.24 bits per heavy atom. The van der Waals surface area contributed by atoms with E-state index in [2.05, 4.69) is 5.16 Å². The van der Waals surface area contributed by atoms with Crippen molar-refractivity contribution in [2.75, 3.05) is 5.73 Å². The number of nitrogen functional groups attached to an aromatic ring is 1. The number of aromatic nitrogens is 1. The van der Waals surface area contributed by atoms with Crippen LogP contribution in [0.4, 0.5) is 14.5 Å². The summed E-state index contributed by atoms with van der Waals surface area (Å²) in [5.74, 6) is -1.25. The van der Waals surface area contributed by atoms with E-state index in [0.717, 1.165) is 12.1 Å². The van der Waals surface area contributed by atoms with E-state index in [1.807, 2.05) is 0 Å². The summed E-state index contributed by atoms with van der Waals surface area (Å²) in [6.07, 6.45) is 3.16. The lowest BCUT2D eigenvalue weighted by molar-refractivity contribution is 0.397. The van der Waals surface area contributed by atoms with E-state index in [0.29, 0.717) is 22.7 Å². The van der Waals surface area contributed by atoms with Crippen molar-refractivity contribution in [2.45, 2.75) is 6.92 Å². The number of anilines is 1. The van der Waals surface area contributed by atoms with Gasteiger partial charge < -0.3 is 10.3 Å². The maximum absolute atomic E-state index is 12.9. The van der Waals surface area contributed by atoms with Crippen molar-refractivity contribution < 1.29 is 13.3 Å². The van der Waals surface area contributed by atoms with Crippen molar-refractivity contribution in [3.8, 4) is 0 Å². The highest BCUT2D eigenvalue weighted by molar-refractivity contribution is 5.73. The summed E-state index contributed by atoms with van der Waals surface area (Å²) in [6.45, 7) is 1.69. The van der Waals surface area contributed by atoms with Gasteiger partial charge in [-0.3, -0.25) is 0 Å². The summed E-state index contributed by atoms with van der Waals surface area (Å²) >= 11 is 0. The maximum Gasteiger partial charge on any atom is 0.159 e. The van der Waals surface area contributed by atoms with Gasteiger partial charge in [0.2, 0.25) is 0 Å². The lowest BCUT2D eigenvalue weighted by atomic mass is 10.2. The molecule has 88 valence electrons. The molecule has 0 atom stereocenters. The maximum atomic E-state index is 12.9.